The van der Waals surface area contributed by atoms with Gasteiger partial charge in [0.05, 0.1) is 6.10 Å². The van der Waals surface area contributed by atoms with Crippen LogP contribution in [-0.4, -0.2) is 35.7 Å². The summed E-state index contributed by atoms with van der Waals surface area (Å²) in [6.07, 6.45) is 12.5. The highest BCUT2D eigenvalue weighted by atomic mass is 16.3. The Morgan fingerprint density at radius 1 is 0.952 bits per heavy atom. The highest BCUT2D eigenvalue weighted by molar-refractivity contribution is 4.91. The number of hydrogen-bond donors (Lipinski definition) is 1. The maximum absolute atomic E-state index is 10.5. The summed E-state index contributed by atoms with van der Waals surface area (Å²) in [6.45, 7) is 8.36. The summed E-state index contributed by atoms with van der Waals surface area (Å²) in [7, 11) is 0. The number of rotatable bonds is 2. The lowest BCUT2D eigenvalue weighted by Crippen LogP contribution is -2.47. The Morgan fingerprint density at radius 2 is 1.62 bits per heavy atom. The molecule has 3 rings (SSSR count). The average Bonchev–Trinajstić information content (AvgIpc) is 2.46. The van der Waals surface area contributed by atoms with Crippen molar-refractivity contribution in [3.8, 4) is 0 Å². The Hall–Kier alpha value is -0.0800. The predicted molar refractivity (Wildman–Crippen MR) is 88.3 cm³/mol. The quantitative estimate of drug-likeness (QED) is 0.829. The van der Waals surface area contributed by atoms with E-state index in [1.165, 1.54) is 64.5 Å². The van der Waals surface area contributed by atoms with Crippen molar-refractivity contribution in [1.82, 2.24) is 4.90 Å². The first-order valence-corrected chi connectivity index (χ1v) is 9.48. The van der Waals surface area contributed by atoms with Gasteiger partial charge in [-0.2, -0.15) is 0 Å². The number of nitrogens with zero attached hydrogens (tertiary/aromatic N) is 1. The maximum atomic E-state index is 10.5. The first-order valence-electron chi connectivity index (χ1n) is 9.48. The van der Waals surface area contributed by atoms with Crippen LogP contribution in [0.15, 0.2) is 0 Å². The normalized spacial score (nSPS) is 41.3. The molecule has 4 unspecified atom stereocenters. The van der Waals surface area contributed by atoms with E-state index >= 15 is 0 Å². The van der Waals surface area contributed by atoms with E-state index in [2.05, 4.69) is 18.7 Å². The topological polar surface area (TPSA) is 23.5 Å². The van der Waals surface area contributed by atoms with Gasteiger partial charge in [-0.15, -0.1) is 0 Å². The van der Waals surface area contributed by atoms with Crippen LogP contribution in [0.25, 0.3) is 0 Å². The van der Waals surface area contributed by atoms with Gasteiger partial charge < -0.3 is 10.0 Å². The smallest absolute Gasteiger partial charge is 0.0585 e. The number of likely N-dealkylation sites (tertiary alicyclic amines) is 1. The van der Waals surface area contributed by atoms with Crippen LogP contribution in [0.4, 0.5) is 0 Å². The van der Waals surface area contributed by atoms with Crippen LogP contribution >= 0.6 is 0 Å². The van der Waals surface area contributed by atoms with Crippen LogP contribution in [-0.2, 0) is 0 Å². The maximum Gasteiger partial charge on any atom is 0.0585 e. The van der Waals surface area contributed by atoms with Crippen LogP contribution in [0.5, 0.6) is 0 Å². The fraction of sp³-hybridized carbons (Fsp3) is 1.00. The first-order chi connectivity index (χ1) is 10.1. The minimum absolute atomic E-state index is 0.0608. The molecule has 3 fully saturated rings. The largest absolute Gasteiger partial charge is 0.393 e. The van der Waals surface area contributed by atoms with Gasteiger partial charge in [-0.05, 0) is 68.9 Å². The zero-order valence-corrected chi connectivity index (χ0v) is 14.2. The van der Waals surface area contributed by atoms with Crippen molar-refractivity contribution in [1.29, 1.82) is 0 Å². The summed E-state index contributed by atoms with van der Waals surface area (Å²) in [6, 6.07) is 0. The molecule has 1 N–H and O–H groups in total. The van der Waals surface area contributed by atoms with E-state index in [4.69, 9.17) is 0 Å². The Kier molecular flexibility index (Phi) is 4.95. The molecule has 2 nitrogen and oxygen atoms in total. The molecule has 1 aliphatic heterocycles. The molecule has 2 aliphatic carbocycles. The SMILES string of the molecule is CC1CC(C)C(CN2CCC3(CCCCC3)CC2)C(O)C1. The molecule has 0 aromatic carbocycles. The lowest BCUT2D eigenvalue weighted by Gasteiger charge is -2.46. The summed E-state index contributed by atoms with van der Waals surface area (Å²) in [5, 5.41) is 10.5. The van der Waals surface area contributed by atoms with Crippen molar-refractivity contribution in [3.63, 3.8) is 0 Å². The van der Waals surface area contributed by atoms with Crippen molar-refractivity contribution < 1.29 is 5.11 Å². The second-order valence-corrected chi connectivity index (χ2v) is 8.65. The fourth-order valence-electron chi connectivity index (χ4n) is 5.48. The van der Waals surface area contributed by atoms with Gasteiger partial charge in [-0.1, -0.05) is 33.1 Å². The number of hydrogen-bond acceptors (Lipinski definition) is 2. The number of aliphatic hydroxyl groups is 1. The molecule has 0 radical (unpaired) electrons. The highest BCUT2D eigenvalue weighted by Crippen LogP contribution is 2.45. The summed E-state index contributed by atoms with van der Waals surface area (Å²) in [5.74, 6) is 1.91. The van der Waals surface area contributed by atoms with E-state index < -0.39 is 0 Å². The lowest BCUT2D eigenvalue weighted by atomic mass is 9.67. The lowest BCUT2D eigenvalue weighted by molar-refractivity contribution is -0.0168. The number of piperidine rings is 1. The number of aliphatic hydroxyl groups excluding tert-OH is 1. The van der Waals surface area contributed by atoms with Gasteiger partial charge in [-0.25, -0.2) is 0 Å². The predicted octanol–water partition coefficient (Wildman–Crippen LogP) is 4.08. The second kappa shape index (κ2) is 6.58. The highest BCUT2D eigenvalue weighted by Gasteiger charge is 2.38. The first kappa shape index (κ1) is 15.8. The molecular formula is C19H35NO. The van der Waals surface area contributed by atoms with Gasteiger partial charge in [0.25, 0.3) is 0 Å². The van der Waals surface area contributed by atoms with Crippen LogP contribution in [0, 0.1) is 23.2 Å². The van der Waals surface area contributed by atoms with Gasteiger partial charge in [-0.3, -0.25) is 0 Å². The van der Waals surface area contributed by atoms with Crippen molar-refractivity contribution in [3.05, 3.63) is 0 Å². The van der Waals surface area contributed by atoms with Crippen molar-refractivity contribution in [2.45, 2.75) is 77.7 Å². The fourth-order valence-corrected chi connectivity index (χ4v) is 5.48. The van der Waals surface area contributed by atoms with Gasteiger partial charge >= 0.3 is 0 Å². The Morgan fingerprint density at radius 3 is 2.24 bits per heavy atom. The monoisotopic (exact) mass is 293 g/mol. The third-order valence-corrected chi connectivity index (χ3v) is 6.94. The standard InChI is InChI=1S/C19H35NO/c1-15-12-16(2)17(18(21)13-15)14-20-10-8-19(9-11-20)6-4-3-5-7-19/h15-18,21H,3-14H2,1-2H3. The molecule has 2 heteroatoms. The van der Waals surface area contributed by atoms with E-state index in [1.807, 2.05) is 0 Å². The average molecular weight is 293 g/mol. The summed E-state index contributed by atoms with van der Waals surface area (Å²) in [5.41, 5.74) is 0.708. The molecule has 21 heavy (non-hydrogen) atoms. The Bertz CT molecular complexity index is 314. The molecule has 0 aromatic heterocycles. The molecule has 0 aromatic rings. The molecule has 122 valence electrons. The molecule has 2 saturated carbocycles. The Labute approximate surface area is 131 Å². The van der Waals surface area contributed by atoms with Gasteiger partial charge in [0.1, 0.15) is 0 Å². The molecule has 1 heterocycles. The van der Waals surface area contributed by atoms with Gasteiger partial charge in [0.2, 0.25) is 0 Å². The van der Waals surface area contributed by atoms with Gasteiger partial charge in [0.15, 0.2) is 0 Å². The summed E-state index contributed by atoms with van der Waals surface area (Å²) < 4.78 is 0. The van der Waals surface area contributed by atoms with E-state index in [9.17, 15) is 5.11 Å². The Balaban J connectivity index is 1.50. The van der Waals surface area contributed by atoms with Crippen LogP contribution < -0.4 is 0 Å². The minimum Gasteiger partial charge on any atom is -0.393 e. The molecule has 1 saturated heterocycles. The van der Waals surface area contributed by atoms with Crippen molar-refractivity contribution in [2.24, 2.45) is 23.2 Å². The second-order valence-electron chi connectivity index (χ2n) is 8.65. The molecule has 3 aliphatic rings. The van der Waals surface area contributed by atoms with Crippen molar-refractivity contribution >= 4 is 0 Å². The third kappa shape index (κ3) is 3.64. The molecule has 0 amide bonds. The summed E-state index contributed by atoms with van der Waals surface area (Å²) in [4.78, 5) is 2.67. The van der Waals surface area contributed by atoms with Gasteiger partial charge in [0, 0.05) is 12.5 Å². The third-order valence-electron chi connectivity index (χ3n) is 6.94. The van der Waals surface area contributed by atoms with E-state index in [0.29, 0.717) is 23.2 Å². The minimum atomic E-state index is -0.0608. The molecular weight excluding hydrogens is 258 g/mol. The zero-order valence-electron chi connectivity index (χ0n) is 14.2. The molecule has 4 atom stereocenters. The van der Waals surface area contributed by atoms with Crippen molar-refractivity contribution in [2.75, 3.05) is 19.6 Å². The molecule has 0 bridgehead atoms. The van der Waals surface area contributed by atoms with E-state index in [-0.39, 0.29) is 6.10 Å². The zero-order chi connectivity index (χ0) is 14.9. The molecule has 1 spiro atoms. The van der Waals surface area contributed by atoms with Crippen LogP contribution in [0.1, 0.15) is 71.6 Å². The van der Waals surface area contributed by atoms with E-state index in [0.717, 1.165) is 13.0 Å². The van der Waals surface area contributed by atoms with E-state index in [1.54, 1.807) is 0 Å². The summed E-state index contributed by atoms with van der Waals surface area (Å²) >= 11 is 0. The van der Waals surface area contributed by atoms with Crippen LogP contribution in [0.2, 0.25) is 0 Å². The van der Waals surface area contributed by atoms with Crippen LogP contribution in [0.3, 0.4) is 0 Å².